The van der Waals surface area contributed by atoms with Crippen molar-refractivity contribution < 1.29 is 14.0 Å². The molecule has 2 unspecified atom stereocenters. The molecule has 3 rings (SSSR count). The third kappa shape index (κ3) is 2.60. The van der Waals surface area contributed by atoms with Gasteiger partial charge in [-0.25, -0.2) is 0 Å². The van der Waals surface area contributed by atoms with Crippen LogP contribution in [0.15, 0.2) is 4.52 Å². The molecule has 6 nitrogen and oxygen atoms in total. The van der Waals surface area contributed by atoms with Gasteiger partial charge in [0, 0.05) is 6.61 Å². The Morgan fingerprint density at radius 2 is 2.25 bits per heavy atom. The van der Waals surface area contributed by atoms with Gasteiger partial charge in [0.25, 0.3) is 5.89 Å². The first-order chi connectivity index (χ1) is 9.50. The Kier molecular flexibility index (Phi) is 3.56. The largest absolute Gasteiger partial charge is 0.376 e. The zero-order valence-corrected chi connectivity index (χ0v) is 12.2. The van der Waals surface area contributed by atoms with Crippen LogP contribution < -0.4 is 5.73 Å². The highest BCUT2D eigenvalue weighted by Gasteiger charge is 2.39. The van der Waals surface area contributed by atoms with E-state index in [1.54, 1.807) is 0 Å². The van der Waals surface area contributed by atoms with Crippen LogP contribution >= 0.6 is 0 Å². The second kappa shape index (κ2) is 5.09. The van der Waals surface area contributed by atoms with E-state index in [0.717, 1.165) is 32.3 Å². The summed E-state index contributed by atoms with van der Waals surface area (Å²) in [6.07, 6.45) is 5.75. The van der Waals surface area contributed by atoms with Gasteiger partial charge in [-0.3, -0.25) is 0 Å². The van der Waals surface area contributed by atoms with Crippen LogP contribution in [0.25, 0.3) is 0 Å². The Labute approximate surface area is 119 Å². The van der Waals surface area contributed by atoms with Crippen molar-refractivity contribution in [2.45, 2.75) is 63.2 Å². The second-order valence-corrected chi connectivity index (χ2v) is 6.39. The molecular formula is C14H23N3O3. The lowest BCUT2D eigenvalue weighted by atomic mass is 9.95. The van der Waals surface area contributed by atoms with Crippen LogP contribution in [0, 0.1) is 0 Å². The summed E-state index contributed by atoms with van der Waals surface area (Å²) in [5, 5.41) is 4.03. The fraction of sp³-hybridized carbons (Fsp3) is 0.857. The Morgan fingerprint density at radius 3 is 2.85 bits per heavy atom. The molecule has 2 atom stereocenters. The number of ether oxygens (including phenoxy) is 2. The van der Waals surface area contributed by atoms with E-state index in [9.17, 15) is 0 Å². The van der Waals surface area contributed by atoms with Crippen LogP contribution in [0.1, 0.15) is 57.7 Å². The molecule has 1 saturated heterocycles. The highest BCUT2D eigenvalue weighted by molar-refractivity contribution is 5.06. The molecule has 1 saturated carbocycles. The van der Waals surface area contributed by atoms with Gasteiger partial charge in [0.15, 0.2) is 5.82 Å². The molecule has 1 aliphatic carbocycles. The van der Waals surface area contributed by atoms with Crippen LogP contribution in [0.5, 0.6) is 0 Å². The van der Waals surface area contributed by atoms with Gasteiger partial charge in [0.2, 0.25) is 0 Å². The topological polar surface area (TPSA) is 83.4 Å². The Hall–Kier alpha value is -0.980. The monoisotopic (exact) mass is 281 g/mol. The lowest BCUT2D eigenvalue weighted by Gasteiger charge is -2.29. The smallest absolute Gasteiger partial charge is 0.258 e. The summed E-state index contributed by atoms with van der Waals surface area (Å²) in [6, 6.07) is 0. The Balaban J connectivity index is 1.68. The Morgan fingerprint density at radius 1 is 1.45 bits per heavy atom. The molecule has 0 radical (unpaired) electrons. The molecule has 0 aromatic carbocycles. The van der Waals surface area contributed by atoms with E-state index in [1.165, 1.54) is 6.42 Å². The first-order valence-corrected chi connectivity index (χ1v) is 7.39. The zero-order chi connectivity index (χ0) is 14.2. The van der Waals surface area contributed by atoms with Crippen molar-refractivity contribution in [3.8, 4) is 0 Å². The lowest BCUT2D eigenvalue weighted by Crippen LogP contribution is -2.41. The van der Waals surface area contributed by atoms with Crippen LogP contribution in [-0.2, 0) is 20.6 Å². The molecule has 6 heteroatoms. The van der Waals surface area contributed by atoms with Crippen molar-refractivity contribution in [2.75, 3.05) is 13.2 Å². The minimum atomic E-state index is -0.730. The number of hydrogen-bond donors (Lipinski definition) is 1. The summed E-state index contributed by atoms with van der Waals surface area (Å²) >= 11 is 0. The number of nitrogens with zero attached hydrogens (tertiary/aromatic N) is 2. The standard InChI is InChI=1S/C14H23N3O3/c1-13(15,9-18-10-5-3-6-10)11-16-12(20-17-11)14(2)7-4-8-19-14/h10H,3-9,15H2,1-2H3. The predicted molar refractivity (Wildman–Crippen MR) is 72.0 cm³/mol. The maximum atomic E-state index is 6.27. The number of nitrogens with two attached hydrogens (primary N) is 1. The molecule has 20 heavy (non-hydrogen) atoms. The third-order valence-electron chi connectivity index (χ3n) is 4.28. The molecule has 112 valence electrons. The molecule has 0 bridgehead atoms. The minimum Gasteiger partial charge on any atom is -0.376 e. The van der Waals surface area contributed by atoms with E-state index in [-0.39, 0.29) is 0 Å². The summed E-state index contributed by atoms with van der Waals surface area (Å²) in [7, 11) is 0. The molecule has 1 aliphatic heterocycles. The van der Waals surface area contributed by atoms with Crippen molar-refractivity contribution in [2.24, 2.45) is 5.73 Å². The molecular weight excluding hydrogens is 258 g/mol. The van der Waals surface area contributed by atoms with Gasteiger partial charge in [0.1, 0.15) is 11.1 Å². The summed E-state index contributed by atoms with van der Waals surface area (Å²) in [4.78, 5) is 4.45. The average molecular weight is 281 g/mol. The summed E-state index contributed by atoms with van der Waals surface area (Å²) in [5.74, 6) is 1.01. The summed E-state index contributed by atoms with van der Waals surface area (Å²) < 4.78 is 16.9. The first-order valence-electron chi connectivity index (χ1n) is 7.39. The van der Waals surface area contributed by atoms with E-state index < -0.39 is 11.1 Å². The second-order valence-electron chi connectivity index (χ2n) is 6.39. The quantitative estimate of drug-likeness (QED) is 0.886. The van der Waals surface area contributed by atoms with Gasteiger partial charge in [-0.1, -0.05) is 5.16 Å². The molecule has 2 fully saturated rings. The van der Waals surface area contributed by atoms with Gasteiger partial charge in [0.05, 0.1) is 12.7 Å². The van der Waals surface area contributed by atoms with Crippen molar-refractivity contribution in [3.63, 3.8) is 0 Å². The molecule has 0 spiro atoms. The highest BCUT2D eigenvalue weighted by Crippen LogP contribution is 2.35. The van der Waals surface area contributed by atoms with E-state index in [1.807, 2.05) is 13.8 Å². The number of rotatable bonds is 5. The number of hydrogen-bond acceptors (Lipinski definition) is 6. The van der Waals surface area contributed by atoms with Gasteiger partial charge in [-0.15, -0.1) is 0 Å². The molecule has 2 heterocycles. The van der Waals surface area contributed by atoms with Gasteiger partial charge < -0.3 is 19.7 Å². The van der Waals surface area contributed by atoms with Crippen LogP contribution in [0.2, 0.25) is 0 Å². The van der Waals surface area contributed by atoms with Crippen LogP contribution in [0.3, 0.4) is 0 Å². The van der Waals surface area contributed by atoms with Crippen molar-refractivity contribution in [3.05, 3.63) is 11.7 Å². The predicted octanol–water partition coefficient (Wildman–Crippen LogP) is 1.84. The van der Waals surface area contributed by atoms with E-state index in [0.29, 0.717) is 24.4 Å². The molecule has 1 aromatic rings. The zero-order valence-electron chi connectivity index (χ0n) is 12.2. The maximum Gasteiger partial charge on any atom is 0.258 e. The molecule has 0 amide bonds. The molecule has 1 aromatic heterocycles. The van der Waals surface area contributed by atoms with Crippen LogP contribution in [-0.4, -0.2) is 29.5 Å². The minimum absolute atomic E-state index is 0.347. The molecule has 2 aliphatic rings. The van der Waals surface area contributed by atoms with Crippen molar-refractivity contribution in [1.29, 1.82) is 0 Å². The SMILES string of the molecule is CC(N)(COC1CCC1)c1noc(C2(C)CCCO2)n1. The Bertz CT molecular complexity index is 462. The maximum absolute atomic E-state index is 6.27. The van der Waals surface area contributed by atoms with Crippen LogP contribution in [0.4, 0.5) is 0 Å². The van der Waals surface area contributed by atoms with Crippen molar-refractivity contribution in [1.82, 2.24) is 10.1 Å². The van der Waals surface area contributed by atoms with Gasteiger partial charge in [-0.2, -0.15) is 4.98 Å². The van der Waals surface area contributed by atoms with Gasteiger partial charge >= 0.3 is 0 Å². The highest BCUT2D eigenvalue weighted by atomic mass is 16.5. The molecule has 2 N–H and O–H groups in total. The van der Waals surface area contributed by atoms with E-state index >= 15 is 0 Å². The summed E-state index contributed by atoms with van der Waals surface area (Å²) in [5.41, 5.74) is 5.08. The first kappa shape index (κ1) is 14.0. The van der Waals surface area contributed by atoms with Crippen molar-refractivity contribution >= 4 is 0 Å². The fourth-order valence-electron chi connectivity index (χ4n) is 2.51. The summed E-state index contributed by atoms with van der Waals surface area (Å²) in [6.45, 7) is 5.00. The average Bonchev–Trinajstić information content (AvgIpc) is 2.95. The van der Waals surface area contributed by atoms with E-state index in [4.69, 9.17) is 19.7 Å². The van der Waals surface area contributed by atoms with Gasteiger partial charge in [-0.05, 0) is 46.0 Å². The lowest BCUT2D eigenvalue weighted by molar-refractivity contribution is -0.0222. The van der Waals surface area contributed by atoms with E-state index in [2.05, 4.69) is 10.1 Å². The fourth-order valence-corrected chi connectivity index (χ4v) is 2.51. The number of aromatic nitrogens is 2. The third-order valence-corrected chi connectivity index (χ3v) is 4.28. The normalized spacial score (nSPS) is 30.1.